The molecule has 0 saturated carbocycles. The Morgan fingerprint density at radius 1 is 1.20 bits per heavy atom. The summed E-state index contributed by atoms with van der Waals surface area (Å²) in [4.78, 5) is 28.4. The number of anilines is 2. The van der Waals surface area contributed by atoms with Crippen molar-refractivity contribution in [3.05, 3.63) is 59.3 Å². The first-order chi connectivity index (χ1) is 14.1. The van der Waals surface area contributed by atoms with Gasteiger partial charge in [-0.1, -0.05) is 6.07 Å². The van der Waals surface area contributed by atoms with Crippen molar-refractivity contribution in [2.24, 2.45) is 4.99 Å². The maximum absolute atomic E-state index is 12.8. The number of carbonyl (C=O) groups excluding carboxylic acids is 2. The third kappa shape index (κ3) is 5.31. The van der Waals surface area contributed by atoms with E-state index in [2.05, 4.69) is 20.9 Å². The fourth-order valence-electron chi connectivity index (χ4n) is 2.64. The monoisotopic (exact) mass is 423 g/mol. The number of alkyl halides is 3. The Hall–Kier alpha value is -3.48. The number of hydrogen-bond acceptors (Lipinski definition) is 6. The normalized spacial score (nSPS) is 17.6. The highest BCUT2D eigenvalue weighted by Crippen LogP contribution is 2.30. The van der Waals surface area contributed by atoms with E-state index in [9.17, 15) is 28.0 Å². The van der Waals surface area contributed by atoms with E-state index < -0.39 is 34.8 Å². The van der Waals surface area contributed by atoms with Crippen LogP contribution in [-0.4, -0.2) is 29.0 Å². The van der Waals surface area contributed by atoms with Gasteiger partial charge in [0.2, 0.25) is 17.8 Å². The van der Waals surface area contributed by atoms with E-state index in [4.69, 9.17) is 5.21 Å². The van der Waals surface area contributed by atoms with Crippen LogP contribution in [0.15, 0.2) is 53.5 Å². The van der Waals surface area contributed by atoms with Crippen molar-refractivity contribution in [3.8, 4) is 0 Å². The predicted octanol–water partition coefficient (Wildman–Crippen LogP) is 1.40. The third-order valence-corrected chi connectivity index (χ3v) is 4.08. The van der Waals surface area contributed by atoms with E-state index in [0.29, 0.717) is 5.69 Å². The van der Waals surface area contributed by atoms with Crippen LogP contribution < -0.4 is 21.2 Å². The van der Waals surface area contributed by atoms with Gasteiger partial charge >= 0.3 is 6.18 Å². The summed E-state index contributed by atoms with van der Waals surface area (Å²) in [5, 5.41) is 26.1. The summed E-state index contributed by atoms with van der Waals surface area (Å²) in [5.41, 5.74) is -0.502. The van der Waals surface area contributed by atoms with Gasteiger partial charge in [-0.05, 0) is 30.3 Å². The van der Waals surface area contributed by atoms with Crippen molar-refractivity contribution in [1.82, 2.24) is 5.32 Å². The fourth-order valence-corrected chi connectivity index (χ4v) is 2.64. The molecule has 2 aromatic rings. The first kappa shape index (κ1) is 21.2. The lowest BCUT2D eigenvalue weighted by molar-refractivity contribution is -0.991. The first-order valence-corrected chi connectivity index (χ1v) is 8.58. The third-order valence-electron chi connectivity index (χ3n) is 4.08. The Bertz CT molecular complexity index is 977. The van der Waals surface area contributed by atoms with Crippen LogP contribution in [-0.2, 0) is 15.8 Å². The number of amides is 2. The SMILES string of the molecule is O=C1C[C@@H](C(=O)Nc2ccc([NH+]([O-])O)cc2)N=C(Nc2cccc(C(F)(F)F)c2)N1. The average molecular weight is 423 g/mol. The highest BCUT2D eigenvalue weighted by molar-refractivity contribution is 6.10. The second kappa shape index (κ2) is 8.49. The highest BCUT2D eigenvalue weighted by atomic mass is 19.4. The van der Waals surface area contributed by atoms with Crippen molar-refractivity contribution in [2.75, 3.05) is 10.6 Å². The second-order valence-corrected chi connectivity index (χ2v) is 6.32. The van der Waals surface area contributed by atoms with Gasteiger partial charge in [-0.15, -0.1) is 0 Å². The van der Waals surface area contributed by atoms with Crippen LogP contribution in [0.1, 0.15) is 12.0 Å². The van der Waals surface area contributed by atoms with Crippen LogP contribution in [0.2, 0.25) is 0 Å². The summed E-state index contributed by atoms with van der Waals surface area (Å²) in [6.45, 7) is 0. The lowest BCUT2D eigenvalue weighted by Crippen LogP contribution is -2.99. The lowest BCUT2D eigenvalue weighted by Gasteiger charge is -2.21. The van der Waals surface area contributed by atoms with Gasteiger partial charge in [0.05, 0.1) is 12.0 Å². The smallest absolute Gasteiger partial charge is 0.416 e. The Balaban J connectivity index is 1.72. The van der Waals surface area contributed by atoms with Crippen molar-refractivity contribution >= 4 is 34.8 Å². The topological polar surface area (TPSA) is 130 Å². The van der Waals surface area contributed by atoms with E-state index in [1.165, 1.54) is 36.4 Å². The standard InChI is InChI=1S/C18H16F3N5O4/c19-18(20,21)10-2-1-3-12(8-10)23-17-24-14(9-15(27)25-17)16(28)22-11-4-6-13(7-5-11)26(29)30/h1-8,14,26,29H,9H2,(H,22,28)(H2,23,24,25,27)/t14-/m0/s1. The Kier molecular flexibility index (Phi) is 6.01. The number of carbonyl (C=O) groups is 2. The van der Waals surface area contributed by atoms with E-state index >= 15 is 0 Å². The van der Waals surface area contributed by atoms with Crippen molar-refractivity contribution in [3.63, 3.8) is 0 Å². The molecule has 1 aliphatic heterocycles. The molecule has 1 aliphatic rings. The van der Waals surface area contributed by atoms with Crippen LogP contribution in [0.3, 0.4) is 0 Å². The molecule has 30 heavy (non-hydrogen) atoms. The summed E-state index contributed by atoms with van der Waals surface area (Å²) < 4.78 is 38.5. The van der Waals surface area contributed by atoms with E-state index in [1.807, 2.05) is 0 Å². The number of rotatable bonds is 4. The van der Waals surface area contributed by atoms with Crippen molar-refractivity contribution < 1.29 is 33.2 Å². The van der Waals surface area contributed by atoms with Gasteiger partial charge in [0, 0.05) is 23.5 Å². The van der Waals surface area contributed by atoms with Crippen LogP contribution in [0, 0.1) is 5.21 Å². The molecule has 1 heterocycles. The predicted molar refractivity (Wildman–Crippen MR) is 99.9 cm³/mol. The zero-order valence-corrected chi connectivity index (χ0v) is 15.2. The van der Waals surface area contributed by atoms with Gasteiger partial charge in [0.15, 0.2) is 5.69 Å². The minimum Gasteiger partial charge on any atom is -0.595 e. The molecule has 1 unspecified atom stereocenters. The Morgan fingerprint density at radius 2 is 1.90 bits per heavy atom. The molecule has 0 radical (unpaired) electrons. The van der Waals surface area contributed by atoms with Crippen LogP contribution >= 0.6 is 0 Å². The van der Waals surface area contributed by atoms with Crippen LogP contribution in [0.5, 0.6) is 0 Å². The average Bonchev–Trinajstić information content (AvgIpc) is 2.67. The van der Waals surface area contributed by atoms with Gasteiger partial charge in [-0.2, -0.15) is 18.4 Å². The zero-order valence-electron chi connectivity index (χ0n) is 15.2. The molecule has 2 aromatic carbocycles. The molecular formula is C18H16F3N5O4. The van der Waals surface area contributed by atoms with Gasteiger partial charge in [-0.25, -0.2) is 10.2 Å². The summed E-state index contributed by atoms with van der Waals surface area (Å²) in [6, 6.07) is 8.56. The molecule has 3 rings (SSSR count). The largest absolute Gasteiger partial charge is 0.595 e. The van der Waals surface area contributed by atoms with Gasteiger partial charge in [-0.3, -0.25) is 14.9 Å². The Morgan fingerprint density at radius 3 is 2.53 bits per heavy atom. The number of quaternary nitrogens is 1. The van der Waals surface area contributed by atoms with Gasteiger partial charge in [0.1, 0.15) is 6.04 Å². The zero-order chi connectivity index (χ0) is 21.9. The van der Waals surface area contributed by atoms with Crippen LogP contribution in [0.25, 0.3) is 0 Å². The number of nitrogens with zero attached hydrogens (tertiary/aromatic N) is 1. The second-order valence-electron chi connectivity index (χ2n) is 6.32. The number of benzene rings is 2. The summed E-state index contributed by atoms with van der Waals surface area (Å²) in [5.74, 6) is -1.33. The van der Waals surface area contributed by atoms with E-state index in [-0.39, 0.29) is 23.8 Å². The summed E-state index contributed by atoms with van der Waals surface area (Å²) >= 11 is 0. The fraction of sp³-hybridized carbons (Fsp3) is 0.167. The molecule has 0 fully saturated rings. The van der Waals surface area contributed by atoms with E-state index in [0.717, 1.165) is 12.1 Å². The number of guanidine groups is 1. The molecule has 12 heteroatoms. The Labute approximate surface area is 167 Å². The minimum atomic E-state index is -4.53. The molecule has 2 amide bonds. The maximum atomic E-state index is 12.8. The number of halogens is 3. The first-order valence-electron chi connectivity index (χ1n) is 8.58. The van der Waals surface area contributed by atoms with E-state index in [1.54, 1.807) is 0 Å². The molecule has 158 valence electrons. The molecule has 0 spiro atoms. The quantitative estimate of drug-likeness (QED) is 0.475. The summed E-state index contributed by atoms with van der Waals surface area (Å²) in [6.07, 6.45) is -4.79. The summed E-state index contributed by atoms with van der Waals surface area (Å²) in [7, 11) is 0. The molecule has 0 saturated heterocycles. The highest BCUT2D eigenvalue weighted by Gasteiger charge is 2.31. The molecule has 0 aromatic heterocycles. The molecule has 0 bridgehead atoms. The lowest BCUT2D eigenvalue weighted by atomic mass is 10.1. The minimum absolute atomic E-state index is 0.0363. The van der Waals surface area contributed by atoms with Gasteiger partial charge in [0.25, 0.3) is 0 Å². The molecule has 9 nitrogen and oxygen atoms in total. The van der Waals surface area contributed by atoms with Crippen molar-refractivity contribution in [1.29, 1.82) is 0 Å². The van der Waals surface area contributed by atoms with Gasteiger partial charge < -0.3 is 15.8 Å². The number of hydrogen-bond donors (Lipinski definition) is 5. The maximum Gasteiger partial charge on any atom is 0.416 e. The van der Waals surface area contributed by atoms with Crippen LogP contribution in [0.4, 0.5) is 30.2 Å². The molecule has 2 atom stereocenters. The molecule has 0 aliphatic carbocycles. The number of aliphatic imine (C=N–C) groups is 1. The number of nitrogens with one attached hydrogen (secondary N) is 4. The van der Waals surface area contributed by atoms with Crippen molar-refractivity contribution in [2.45, 2.75) is 18.6 Å². The molecular weight excluding hydrogens is 407 g/mol. The molecule has 5 N–H and O–H groups in total.